The topological polar surface area (TPSA) is 73.3 Å². The minimum absolute atomic E-state index is 0. The van der Waals surface area contributed by atoms with Gasteiger partial charge in [0, 0.05) is 24.2 Å². The number of aromatic amines is 1. The van der Waals surface area contributed by atoms with Crippen LogP contribution in [0.5, 0.6) is 0 Å². The second kappa shape index (κ2) is 8.10. The molecule has 4 rings (SSSR count). The number of piperidine rings is 1. The number of rotatable bonds is 2. The van der Waals surface area contributed by atoms with Crippen molar-refractivity contribution in [1.29, 1.82) is 0 Å². The summed E-state index contributed by atoms with van der Waals surface area (Å²) >= 11 is 0. The summed E-state index contributed by atoms with van der Waals surface area (Å²) in [7, 11) is 2.15. The van der Waals surface area contributed by atoms with E-state index in [2.05, 4.69) is 22.2 Å². The second-order valence-electron chi connectivity index (χ2n) is 6.91. The van der Waals surface area contributed by atoms with Crippen LogP contribution in [-0.4, -0.2) is 51.8 Å². The summed E-state index contributed by atoms with van der Waals surface area (Å²) in [6.07, 6.45) is 2.39. The maximum absolute atomic E-state index is 12.1. The Kier molecular flexibility index (Phi) is 6.56. The summed E-state index contributed by atoms with van der Waals surface area (Å²) < 4.78 is 1.77. The zero-order valence-corrected chi connectivity index (χ0v) is 15.9. The average Bonchev–Trinajstić information content (AvgIpc) is 2.80. The fourth-order valence-corrected chi connectivity index (χ4v) is 4.00. The molecule has 0 spiro atoms. The number of imidazole rings is 1. The first-order valence-electron chi connectivity index (χ1n) is 8.47. The lowest BCUT2D eigenvalue weighted by molar-refractivity contribution is 0.108. The van der Waals surface area contributed by atoms with E-state index >= 15 is 0 Å². The van der Waals surface area contributed by atoms with E-state index in [0.29, 0.717) is 12.6 Å². The van der Waals surface area contributed by atoms with Crippen molar-refractivity contribution in [3.05, 3.63) is 34.2 Å². The predicted molar refractivity (Wildman–Crippen MR) is 104 cm³/mol. The third-order valence-electron chi connectivity index (χ3n) is 5.36. The van der Waals surface area contributed by atoms with Crippen molar-refractivity contribution in [2.45, 2.75) is 44.0 Å². The van der Waals surface area contributed by atoms with Crippen molar-refractivity contribution < 1.29 is 5.11 Å². The highest BCUT2D eigenvalue weighted by Gasteiger charge is 2.30. The highest BCUT2D eigenvalue weighted by molar-refractivity contribution is 5.85. The van der Waals surface area contributed by atoms with E-state index in [1.54, 1.807) is 4.57 Å². The number of hydrogen-bond donors (Lipinski definition) is 3. The van der Waals surface area contributed by atoms with Gasteiger partial charge in [-0.1, -0.05) is 12.1 Å². The normalized spacial score (nSPS) is 24.4. The van der Waals surface area contributed by atoms with Gasteiger partial charge in [0.25, 0.3) is 0 Å². The van der Waals surface area contributed by atoms with Gasteiger partial charge in [-0.3, -0.25) is 4.57 Å². The van der Waals surface area contributed by atoms with Gasteiger partial charge in [-0.15, -0.1) is 24.8 Å². The molecule has 25 heavy (non-hydrogen) atoms. The number of halogens is 2. The number of benzene rings is 1. The molecular weight excluding hydrogens is 363 g/mol. The molecule has 1 fully saturated rings. The van der Waals surface area contributed by atoms with Crippen LogP contribution in [0.1, 0.15) is 30.9 Å². The van der Waals surface area contributed by atoms with E-state index in [-0.39, 0.29) is 36.5 Å². The third kappa shape index (κ3) is 3.73. The first-order chi connectivity index (χ1) is 11.1. The summed E-state index contributed by atoms with van der Waals surface area (Å²) in [6.45, 7) is 2.82. The predicted octanol–water partition coefficient (Wildman–Crippen LogP) is 1.66. The Bertz CT molecular complexity index is 768. The van der Waals surface area contributed by atoms with E-state index in [0.717, 1.165) is 48.9 Å². The Hall–Kier alpha value is -1.05. The van der Waals surface area contributed by atoms with Gasteiger partial charge >= 0.3 is 5.69 Å². The average molecular weight is 389 g/mol. The van der Waals surface area contributed by atoms with Crippen LogP contribution in [0, 0.1) is 0 Å². The zero-order chi connectivity index (χ0) is 16.0. The van der Waals surface area contributed by atoms with Gasteiger partial charge in [0.1, 0.15) is 0 Å². The summed E-state index contributed by atoms with van der Waals surface area (Å²) in [4.78, 5) is 17.4. The quantitative estimate of drug-likeness (QED) is 0.731. The van der Waals surface area contributed by atoms with Crippen molar-refractivity contribution in [2.24, 2.45) is 0 Å². The second-order valence-corrected chi connectivity index (χ2v) is 6.91. The lowest BCUT2D eigenvalue weighted by Gasteiger charge is -2.34. The Labute approximate surface area is 159 Å². The molecule has 0 radical (unpaired) electrons. The molecule has 1 saturated heterocycles. The largest absolute Gasteiger partial charge is 0.387 e. The number of nitrogens with zero attached hydrogens (tertiary/aromatic N) is 2. The summed E-state index contributed by atoms with van der Waals surface area (Å²) in [5.41, 5.74) is 2.44. The lowest BCUT2D eigenvalue weighted by Crippen LogP contribution is -2.47. The number of para-hydroxylation sites is 1. The van der Waals surface area contributed by atoms with Crippen molar-refractivity contribution >= 4 is 35.8 Å². The molecule has 2 unspecified atom stereocenters. The molecule has 2 aromatic rings. The lowest BCUT2D eigenvalue weighted by atomic mass is 9.97. The van der Waals surface area contributed by atoms with Crippen molar-refractivity contribution in [2.75, 3.05) is 20.1 Å². The molecule has 0 saturated carbocycles. The molecule has 2 aliphatic heterocycles. The molecular formula is C17H26Cl2N4O2. The summed E-state index contributed by atoms with van der Waals surface area (Å²) in [5.74, 6) is 0. The number of aryl methyl sites for hydroxylation is 1. The van der Waals surface area contributed by atoms with Crippen LogP contribution in [0.25, 0.3) is 11.0 Å². The van der Waals surface area contributed by atoms with Gasteiger partial charge in [0.05, 0.1) is 17.1 Å². The number of aliphatic hydroxyl groups is 1. The third-order valence-corrected chi connectivity index (χ3v) is 5.36. The van der Waals surface area contributed by atoms with Crippen LogP contribution in [-0.2, 0) is 6.54 Å². The van der Waals surface area contributed by atoms with E-state index in [4.69, 9.17) is 0 Å². The maximum atomic E-state index is 12.1. The zero-order valence-electron chi connectivity index (χ0n) is 14.3. The fraction of sp³-hybridized carbons (Fsp3) is 0.588. The Morgan fingerprint density at radius 1 is 1.16 bits per heavy atom. The number of aromatic nitrogens is 2. The number of nitrogens with one attached hydrogen (secondary N) is 2. The molecule has 6 nitrogen and oxygen atoms in total. The van der Waals surface area contributed by atoms with Crippen LogP contribution >= 0.6 is 24.8 Å². The standard InChI is InChI=1S/C17H24N4O2.2ClH/c1-20-8-5-11(6-9-20)18-14-7-10-21-15-12(16(14)22)3-2-4-13(15)19-17(21)23;;/h2-4,11,14,16,18,22H,5-10H2,1H3,(H,19,23);2*1H. The minimum atomic E-state index is -0.581. The van der Waals surface area contributed by atoms with Crippen LogP contribution in [0.3, 0.4) is 0 Å². The van der Waals surface area contributed by atoms with Crippen LogP contribution in [0.2, 0.25) is 0 Å². The SMILES string of the molecule is CN1CCC(NC2CCn3c(=O)[nH]c4cccc(c43)C2O)CC1.Cl.Cl. The maximum Gasteiger partial charge on any atom is 0.326 e. The number of H-pyrrole nitrogens is 1. The molecule has 0 amide bonds. The molecule has 1 aromatic carbocycles. The Balaban J connectivity index is 0.00000113. The van der Waals surface area contributed by atoms with Gasteiger partial charge in [-0.2, -0.15) is 0 Å². The van der Waals surface area contributed by atoms with Crippen molar-refractivity contribution in [3.63, 3.8) is 0 Å². The molecule has 8 heteroatoms. The first kappa shape index (κ1) is 20.3. The number of aliphatic hydroxyl groups excluding tert-OH is 1. The molecule has 2 atom stereocenters. The van der Waals surface area contributed by atoms with E-state index < -0.39 is 6.10 Å². The van der Waals surface area contributed by atoms with E-state index in [1.165, 1.54) is 0 Å². The molecule has 1 aromatic heterocycles. The molecule has 140 valence electrons. The first-order valence-corrected chi connectivity index (χ1v) is 8.47. The van der Waals surface area contributed by atoms with Crippen molar-refractivity contribution in [1.82, 2.24) is 19.8 Å². The molecule has 3 N–H and O–H groups in total. The van der Waals surface area contributed by atoms with Crippen LogP contribution in [0.15, 0.2) is 23.0 Å². The van der Waals surface area contributed by atoms with E-state index in [1.807, 2.05) is 18.2 Å². The number of hydrogen-bond acceptors (Lipinski definition) is 4. The summed E-state index contributed by atoms with van der Waals surface area (Å²) in [6, 6.07) is 6.17. The van der Waals surface area contributed by atoms with Gasteiger partial charge in [0.15, 0.2) is 0 Å². The van der Waals surface area contributed by atoms with Crippen LogP contribution in [0.4, 0.5) is 0 Å². The Morgan fingerprint density at radius 2 is 1.88 bits per heavy atom. The monoisotopic (exact) mass is 388 g/mol. The molecule has 2 aliphatic rings. The van der Waals surface area contributed by atoms with Crippen molar-refractivity contribution in [3.8, 4) is 0 Å². The summed E-state index contributed by atoms with van der Waals surface area (Å²) in [5, 5.41) is 14.6. The van der Waals surface area contributed by atoms with Gasteiger partial charge in [0.2, 0.25) is 0 Å². The van der Waals surface area contributed by atoms with Gasteiger partial charge < -0.3 is 20.3 Å². The van der Waals surface area contributed by atoms with E-state index in [9.17, 15) is 9.90 Å². The highest BCUT2D eigenvalue weighted by Crippen LogP contribution is 2.30. The highest BCUT2D eigenvalue weighted by atomic mass is 35.5. The smallest absolute Gasteiger partial charge is 0.326 e. The van der Waals surface area contributed by atoms with Gasteiger partial charge in [-0.05, 0) is 45.5 Å². The van der Waals surface area contributed by atoms with Crippen LogP contribution < -0.4 is 11.0 Å². The van der Waals surface area contributed by atoms with Gasteiger partial charge in [-0.25, -0.2) is 4.79 Å². The molecule has 0 aliphatic carbocycles. The number of likely N-dealkylation sites (tertiary alicyclic amines) is 1. The fourth-order valence-electron chi connectivity index (χ4n) is 4.00. The Morgan fingerprint density at radius 3 is 2.60 bits per heavy atom. The molecule has 3 heterocycles. The minimum Gasteiger partial charge on any atom is -0.387 e. The molecule has 0 bridgehead atoms.